The molecule has 1 aliphatic rings. The molecule has 2 amide bonds. The Morgan fingerprint density at radius 2 is 1.92 bits per heavy atom. The maximum absolute atomic E-state index is 14.8. The van der Waals surface area contributed by atoms with Crippen LogP contribution in [0.15, 0.2) is 12.1 Å². The maximum atomic E-state index is 14.8. The van der Waals surface area contributed by atoms with E-state index < -0.39 is 11.6 Å². The highest BCUT2D eigenvalue weighted by molar-refractivity contribution is 5.96. The van der Waals surface area contributed by atoms with E-state index in [4.69, 9.17) is 14.2 Å². The number of likely N-dealkylation sites (tertiary alicyclic amines) is 1. The molecule has 0 saturated carbocycles. The molecule has 0 aromatic carbocycles. The van der Waals surface area contributed by atoms with Crippen LogP contribution in [0.5, 0.6) is 11.8 Å². The Morgan fingerprint density at radius 3 is 2.50 bits per heavy atom. The minimum Gasteiger partial charge on any atom is -0.481 e. The van der Waals surface area contributed by atoms with E-state index in [-0.39, 0.29) is 49.8 Å². The molecular formula is C17H24FN3O5. The fourth-order valence-corrected chi connectivity index (χ4v) is 2.74. The Bertz CT molecular complexity index is 647. The zero-order chi connectivity index (χ0) is 19.2. The fraction of sp³-hybridized carbons (Fsp3) is 0.588. The molecule has 0 spiro atoms. The molecule has 0 unspecified atom stereocenters. The maximum Gasteiger partial charge on any atom is 0.259 e. The number of alkyl halides is 1. The number of hydrogen-bond donors (Lipinski definition) is 1. The van der Waals surface area contributed by atoms with Crippen molar-refractivity contribution < 1.29 is 28.2 Å². The van der Waals surface area contributed by atoms with E-state index in [0.717, 1.165) is 0 Å². The third kappa shape index (κ3) is 4.40. The van der Waals surface area contributed by atoms with Crippen LogP contribution in [0.2, 0.25) is 0 Å². The summed E-state index contributed by atoms with van der Waals surface area (Å²) in [7, 11) is 4.38. The Hall–Kier alpha value is -2.42. The topological polar surface area (TPSA) is 90.0 Å². The van der Waals surface area contributed by atoms with E-state index in [1.807, 2.05) is 0 Å². The smallest absolute Gasteiger partial charge is 0.259 e. The van der Waals surface area contributed by atoms with Gasteiger partial charge in [-0.15, -0.1) is 0 Å². The van der Waals surface area contributed by atoms with Crippen LogP contribution in [-0.2, 0) is 9.53 Å². The van der Waals surface area contributed by atoms with Crippen molar-refractivity contribution in [3.63, 3.8) is 0 Å². The fourth-order valence-electron chi connectivity index (χ4n) is 2.74. The predicted octanol–water partition coefficient (Wildman–Crippen LogP) is 0.806. The second-order valence-corrected chi connectivity index (χ2v) is 5.92. The summed E-state index contributed by atoms with van der Waals surface area (Å²) < 4.78 is 29.8. The first-order chi connectivity index (χ1) is 12.4. The summed E-state index contributed by atoms with van der Waals surface area (Å²) in [5.74, 6) is -0.513. The highest BCUT2D eigenvalue weighted by Gasteiger charge is 2.42. The summed E-state index contributed by atoms with van der Waals surface area (Å²) in [6, 6.07) is 3.12. The van der Waals surface area contributed by atoms with E-state index in [0.29, 0.717) is 12.5 Å². The predicted molar refractivity (Wildman–Crippen MR) is 91.2 cm³/mol. The van der Waals surface area contributed by atoms with E-state index in [9.17, 15) is 14.0 Å². The van der Waals surface area contributed by atoms with E-state index in [1.165, 1.54) is 26.2 Å². The van der Waals surface area contributed by atoms with Gasteiger partial charge in [-0.25, -0.2) is 4.39 Å². The van der Waals surface area contributed by atoms with Gasteiger partial charge in [-0.2, -0.15) is 4.98 Å². The van der Waals surface area contributed by atoms with Gasteiger partial charge < -0.3 is 24.4 Å². The van der Waals surface area contributed by atoms with Gasteiger partial charge in [0.1, 0.15) is 5.56 Å². The largest absolute Gasteiger partial charge is 0.481 e. The molecule has 1 N–H and O–H groups in total. The lowest BCUT2D eigenvalue weighted by molar-refractivity contribution is -0.135. The van der Waals surface area contributed by atoms with Crippen molar-refractivity contribution >= 4 is 11.8 Å². The van der Waals surface area contributed by atoms with Crippen LogP contribution in [0, 0.1) is 0 Å². The highest BCUT2D eigenvalue weighted by atomic mass is 19.1. The van der Waals surface area contributed by atoms with Crippen molar-refractivity contribution in [3.8, 4) is 11.8 Å². The van der Waals surface area contributed by atoms with Crippen molar-refractivity contribution in [1.82, 2.24) is 15.2 Å². The van der Waals surface area contributed by atoms with Gasteiger partial charge in [0, 0.05) is 45.7 Å². The van der Waals surface area contributed by atoms with E-state index >= 15 is 0 Å². The lowest BCUT2D eigenvalue weighted by Gasteiger charge is -2.35. The van der Waals surface area contributed by atoms with Crippen molar-refractivity contribution in [3.05, 3.63) is 17.7 Å². The van der Waals surface area contributed by atoms with Gasteiger partial charge >= 0.3 is 0 Å². The molecule has 2 heterocycles. The third-order valence-electron chi connectivity index (χ3n) is 4.31. The standard InChI is InChI=1S/C17H24FN3O5/c1-24-11-8-19-16(23)17(18)6-9-21(10-7-17)15(22)12-4-5-13(25-2)20-14(12)26-3/h4-5H,6-11H2,1-3H3,(H,19,23). The number of carbonyl (C=O) groups is 2. The summed E-state index contributed by atoms with van der Waals surface area (Å²) in [4.78, 5) is 30.3. The second-order valence-electron chi connectivity index (χ2n) is 5.92. The zero-order valence-electron chi connectivity index (χ0n) is 15.2. The van der Waals surface area contributed by atoms with Gasteiger partial charge in [-0.3, -0.25) is 9.59 Å². The number of pyridine rings is 1. The zero-order valence-corrected chi connectivity index (χ0v) is 15.2. The van der Waals surface area contributed by atoms with Gasteiger partial charge in [-0.1, -0.05) is 0 Å². The molecule has 9 heteroatoms. The molecule has 0 atom stereocenters. The number of piperidine rings is 1. The number of rotatable bonds is 7. The third-order valence-corrected chi connectivity index (χ3v) is 4.31. The van der Waals surface area contributed by atoms with E-state index in [1.54, 1.807) is 12.1 Å². The average Bonchev–Trinajstić information content (AvgIpc) is 2.67. The van der Waals surface area contributed by atoms with Gasteiger partial charge in [0.25, 0.3) is 11.8 Å². The number of ether oxygens (including phenoxy) is 3. The lowest BCUT2D eigenvalue weighted by Crippen LogP contribution is -2.52. The van der Waals surface area contributed by atoms with Gasteiger partial charge in [-0.05, 0) is 6.07 Å². The Kier molecular flexibility index (Phi) is 6.73. The minimum absolute atomic E-state index is 0.0660. The monoisotopic (exact) mass is 369 g/mol. The number of hydrogen-bond acceptors (Lipinski definition) is 6. The average molecular weight is 369 g/mol. The molecule has 1 fully saturated rings. The number of methoxy groups -OCH3 is 3. The Balaban J connectivity index is 2.01. The summed E-state index contributed by atoms with van der Waals surface area (Å²) >= 11 is 0. The van der Waals surface area contributed by atoms with E-state index in [2.05, 4.69) is 10.3 Å². The Morgan fingerprint density at radius 1 is 1.23 bits per heavy atom. The summed E-state index contributed by atoms with van der Waals surface area (Å²) in [6.45, 7) is 0.819. The van der Waals surface area contributed by atoms with Crippen molar-refractivity contribution in [2.45, 2.75) is 18.5 Å². The summed E-state index contributed by atoms with van der Waals surface area (Å²) in [5.41, 5.74) is -1.71. The quantitative estimate of drug-likeness (QED) is 0.716. The Labute approximate surface area is 151 Å². The summed E-state index contributed by atoms with van der Waals surface area (Å²) in [5, 5.41) is 2.51. The molecule has 144 valence electrons. The molecular weight excluding hydrogens is 345 g/mol. The molecule has 26 heavy (non-hydrogen) atoms. The van der Waals surface area contributed by atoms with Crippen LogP contribution in [0.25, 0.3) is 0 Å². The normalized spacial score (nSPS) is 16.1. The molecule has 8 nitrogen and oxygen atoms in total. The van der Waals surface area contributed by atoms with Gasteiger partial charge in [0.15, 0.2) is 5.67 Å². The summed E-state index contributed by atoms with van der Waals surface area (Å²) in [6.07, 6.45) is -0.132. The van der Waals surface area contributed by atoms with Crippen LogP contribution in [0.4, 0.5) is 4.39 Å². The number of aromatic nitrogens is 1. The van der Waals surface area contributed by atoms with Crippen LogP contribution < -0.4 is 14.8 Å². The molecule has 0 bridgehead atoms. The number of nitrogens with one attached hydrogen (secondary N) is 1. The highest BCUT2D eigenvalue weighted by Crippen LogP contribution is 2.29. The van der Waals surface area contributed by atoms with Crippen LogP contribution in [0.1, 0.15) is 23.2 Å². The molecule has 1 aliphatic heterocycles. The van der Waals surface area contributed by atoms with Gasteiger partial charge in [0.05, 0.1) is 20.8 Å². The first kappa shape index (κ1) is 19.9. The molecule has 0 aliphatic carbocycles. The van der Waals surface area contributed by atoms with Crippen LogP contribution >= 0.6 is 0 Å². The van der Waals surface area contributed by atoms with Crippen LogP contribution in [-0.4, -0.2) is 74.9 Å². The number of carbonyl (C=O) groups excluding carboxylic acids is 2. The molecule has 0 radical (unpaired) electrons. The second kappa shape index (κ2) is 8.79. The molecule has 1 aromatic rings. The molecule has 2 rings (SSSR count). The number of amides is 2. The van der Waals surface area contributed by atoms with Crippen molar-refractivity contribution in [2.75, 3.05) is 47.6 Å². The minimum atomic E-state index is -1.98. The number of halogens is 1. The van der Waals surface area contributed by atoms with Crippen molar-refractivity contribution in [1.29, 1.82) is 0 Å². The molecule has 1 aromatic heterocycles. The lowest BCUT2D eigenvalue weighted by atomic mass is 9.92. The first-order valence-electron chi connectivity index (χ1n) is 8.29. The van der Waals surface area contributed by atoms with Gasteiger partial charge in [0.2, 0.25) is 11.8 Å². The number of nitrogens with zero attached hydrogens (tertiary/aromatic N) is 2. The first-order valence-corrected chi connectivity index (χ1v) is 8.29. The van der Waals surface area contributed by atoms with Crippen LogP contribution in [0.3, 0.4) is 0 Å². The SMILES string of the molecule is COCCNC(=O)C1(F)CCN(C(=O)c2ccc(OC)nc2OC)CC1. The van der Waals surface area contributed by atoms with Crippen molar-refractivity contribution in [2.24, 2.45) is 0 Å². The molecule has 1 saturated heterocycles.